The van der Waals surface area contributed by atoms with Gasteiger partial charge in [-0.25, -0.2) is 0 Å². The maximum absolute atomic E-state index is 13.7. The van der Waals surface area contributed by atoms with Gasteiger partial charge < -0.3 is 47.9 Å². The van der Waals surface area contributed by atoms with Crippen molar-refractivity contribution in [1.29, 1.82) is 0 Å². The maximum atomic E-state index is 13.7. The molecule has 9 N–H and O–H groups in total. The number of carbonyl (C=O) groups excluding carboxylic acids is 8. The van der Waals surface area contributed by atoms with Crippen LogP contribution < -0.4 is 43.0 Å². The second-order valence-electron chi connectivity index (χ2n) is 15.5. The lowest BCUT2D eigenvalue weighted by atomic mass is 10.0. The molecular formula is C41H65N9O8S2. The number of rotatable bonds is 20. The molecule has 2 fully saturated rings. The van der Waals surface area contributed by atoms with Crippen LogP contribution in [0.15, 0.2) is 30.3 Å². The summed E-state index contributed by atoms with van der Waals surface area (Å²) in [5, 5.41) is 19.1. The molecule has 17 nitrogen and oxygen atoms in total. The topological polar surface area (TPSA) is 250 Å². The maximum Gasteiger partial charge on any atom is 0.244 e. The van der Waals surface area contributed by atoms with Crippen LogP contribution in [-0.4, -0.2) is 127 Å². The van der Waals surface area contributed by atoms with Crippen molar-refractivity contribution in [3.8, 4) is 0 Å². The Hall–Kier alpha value is -4.36. The lowest BCUT2D eigenvalue weighted by Crippen LogP contribution is -2.57. The van der Waals surface area contributed by atoms with Gasteiger partial charge in [-0.1, -0.05) is 85.5 Å². The minimum atomic E-state index is -1.09. The minimum absolute atomic E-state index is 0.105. The third-order valence-corrected chi connectivity index (χ3v) is 12.5. The van der Waals surface area contributed by atoms with Crippen molar-refractivity contribution < 1.29 is 38.4 Å². The molecule has 334 valence electrons. The molecule has 2 saturated heterocycles. The summed E-state index contributed by atoms with van der Waals surface area (Å²) >= 11 is 0. The fraction of sp³-hybridized carbons (Fsp3) is 0.659. The second-order valence-corrected chi connectivity index (χ2v) is 18.1. The van der Waals surface area contributed by atoms with E-state index in [9.17, 15) is 38.4 Å². The number of nitrogens with one attached hydrogen (secondary N) is 7. The molecule has 19 heteroatoms. The number of hydrogen-bond acceptors (Lipinski definition) is 11. The summed E-state index contributed by atoms with van der Waals surface area (Å²) in [5.41, 5.74) is 6.78. The van der Waals surface area contributed by atoms with Gasteiger partial charge in [-0.05, 0) is 69.4 Å². The average molecular weight is 876 g/mol. The van der Waals surface area contributed by atoms with Crippen LogP contribution in [0.3, 0.4) is 0 Å². The molecule has 1 aromatic carbocycles. The number of amides is 8. The summed E-state index contributed by atoms with van der Waals surface area (Å²) in [6.45, 7) is 6.06. The quantitative estimate of drug-likeness (QED) is 0.0668. The first-order chi connectivity index (χ1) is 28.8. The Labute approximate surface area is 361 Å². The van der Waals surface area contributed by atoms with Crippen molar-refractivity contribution in [2.24, 2.45) is 11.7 Å². The molecule has 0 spiro atoms. The van der Waals surface area contributed by atoms with E-state index in [0.29, 0.717) is 70.3 Å². The highest BCUT2D eigenvalue weighted by atomic mass is 33.1. The molecule has 5 atom stereocenters. The first kappa shape index (κ1) is 50.0. The van der Waals surface area contributed by atoms with Gasteiger partial charge in [-0.15, -0.1) is 0 Å². The predicted octanol–water partition coefficient (Wildman–Crippen LogP) is 0.658. The van der Waals surface area contributed by atoms with Crippen molar-refractivity contribution in [1.82, 2.24) is 42.1 Å². The van der Waals surface area contributed by atoms with Crippen molar-refractivity contribution in [3.63, 3.8) is 0 Å². The van der Waals surface area contributed by atoms with E-state index in [1.165, 1.54) is 26.5 Å². The monoisotopic (exact) mass is 875 g/mol. The van der Waals surface area contributed by atoms with E-state index in [2.05, 4.69) is 37.2 Å². The third-order valence-electron chi connectivity index (χ3n) is 10.1. The molecule has 2 heterocycles. The molecular weight excluding hydrogens is 811 g/mol. The number of carbonyl (C=O) groups is 8. The number of hydrogen-bond donors (Lipinski definition) is 8. The number of nitrogens with zero attached hydrogens (tertiary/aromatic N) is 1. The van der Waals surface area contributed by atoms with E-state index in [4.69, 9.17) is 5.73 Å². The highest BCUT2D eigenvalue weighted by Gasteiger charge is 2.36. The molecule has 0 unspecified atom stereocenters. The van der Waals surface area contributed by atoms with Crippen LogP contribution in [0, 0.1) is 5.92 Å². The van der Waals surface area contributed by atoms with Gasteiger partial charge in [-0.2, -0.15) is 0 Å². The Morgan fingerprint density at radius 3 is 2.28 bits per heavy atom. The molecule has 60 heavy (non-hydrogen) atoms. The third kappa shape index (κ3) is 18.1. The smallest absolute Gasteiger partial charge is 0.244 e. The molecule has 8 amide bonds. The first-order valence-corrected chi connectivity index (χ1v) is 23.6. The van der Waals surface area contributed by atoms with Gasteiger partial charge in [0.1, 0.15) is 30.2 Å². The number of unbranched alkanes of at least 4 members (excludes halogenated alkanes) is 2. The van der Waals surface area contributed by atoms with Crippen LogP contribution in [0.4, 0.5) is 0 Å². The van der Waals surface area contributed by atoms with Crippen molar-refractivity contribution in [3.05, 3.63) is 35.9 Å². The van der Waals surface area contributed by atoms with Gasteiger partial charge in [0.2, 0.25) is 47.3 Å². The summed E-state index contributed by atoms with van der Waals surface area (Å²) in [6.07, 6.45) is 5.42. The van der Waals surface area contributed by atoms with Crippen LogP contribution in [0.5, 0.6) is 0 Å². The normalized spacial score (nSPS) is 20.1. The zero-order valence-corrected chi connectivity index (χ0v) is 36.8. The molecule has 0 aliphatic carbocycles. The molecule has 0 saturated carbocycles. The zero-order chi connectivity index (χ0) is 43.9. The fourth-order valence-corrected chi connectivity index (χ4v) is 8.95. The highest BCUT2D eigenvalue weighted by molar-refractivity contribution is 8.76. The lowest BCUT2D eigenvalue weighted by molar-refractivity contribution is -0.140. The van der Waals surface area contributed by atoms with Crippen LogP contribution >= 0.6 is 21.6 Å². The summed E-state index contributed by atoms with van der Waals surface area (Å²) < 4.78 is 0. The highest BCUT2D eigenvalue weighted by Crippen LogP contribution is 2.23. The van der Waals surface area contributed by atoms with Crippen molar-refractivity contribution in [2.75, 3.05) is 44.2 Å². The summed E-state index contributed by atoms with van der Waals surface area (Å²) in [4.78, 5) is 107. The van der Waals surface area contributed by atoms with Crippen molar-refractivity contribution in [2.45, 2.75) is 122 Å². The molecule has 0 bridgehead atoms. The van der Waals surface area contributed by atoms with Crippen LogP contribution in [0.25, 0.3) is 0 Å². The number of nitrogens with two attached hydrogens (primary N) is 1. The minimum Gasteiger partial charge on any atom is -0.354 e. The van der Waals surface area contributed by atoms with E-state index in [1.807, 2.05) is 51.1 Å². The zero-order valence-electron chi connectivity index (χ0n) is 35.2. The fourth-order valence-electron chi connectivity index (χ4n) is 6.80. The SMILES string of the molecule is CCCC[C@H](NC(=O)[C@H]1CCCN1C(=O)CNC(=O)[C@@H](CCCCN)NC(=O)[C@H]1CSSCCC(=O)N[C@@H](CC(C)C)C(=O)NCC(=O)N1)C(=O)NCCc1ccccc1. The van der Waals surface area contributed by atoms with Crippen LogP contribution in [0.2, 0.25) is 0 Å². The second kappa shape index (κ2) is 27.5. The molecule has 2 aliphatic rings. The Morgan fingerprint density at radius 2 is 1.58 bits per heavy atom. The van der Waals surface area contributed by atoms with Gasteiger partial charge in [0, 0.05) is 31.0 Å². The van der Waals surface area contributed by atoms with Crippen LogP contribution in [0.1, 0.15) is 90.5 Å². The Bertz CT molecular complexity index is 1590. The molecule has 1 aromatic rings. The standard InChI is InChI=1S/C41H65N9O8S2/c1-4-5-14-29(37(54)43-20-17-28-12-7-6-8-13-28)49-41(58)33-16-11-21-50(33)36(53)25-45-38(55)30(15-9-10-19-42)48-40(57)32-26-60-59-22-18-34(51)46-31(23-27(2)3)39(56)44-24-35(52)47-32/h6-8,12-13,27,29-33H,4-5,9-11,14-26,42H2,1-3H3,(H,43,54)(H,44,56)(H,45,55)(H,46,51)(H,47,52)(H,48,57)(H,49,58)/t29-,30+,31-,32+,33+/m0/s1. The van der Waals surface area contributed by atoms with Gasteiger partial charge in [0.15, 0.2) is 0 Å². The van der Waals surface area contributed by atoms with E-state index < -0.39 is 78.7 Å². The predicted molar refractivity (Wildman–Crippen MR) is 233 cm³/mol. The van der Waals surface area contributed by atoms with E-state index in [-0.39, 0.29) is 36.3 Å². The number of likely N-dealkylation sites (tertiary alicyclic amines) is 1. The van der Waals surface area contributed by atoms with Gasteiger partial charge >= 0.3 is 0 Å². The van der Waals surface area contributed by atoms with Gasteiger partial charge in [0.05, 0.1) is 13.1 Å². The summed E-state index contributed by atoms with van der Waals surface area (Å²) in [5.74, 6) is -3.27. The lowest BCUT2D eigenvalue weighted by Gasteiger charge is -2.27. The summed E-state index contributed by atoms with van der Waals surface area (Å²) in [6, 6.07) is 5.21. The van der Waals surface area contributed by atoms with E-state index in [0.717, 1.165) is 18.4 Å². The molecule has 0 aromatic heterocycles. The average Bonchev–Trinajstić information content (AvgIpc) is 3.72. The van der Waals surface area contributed by atoms with Gasteiger partial charge in [0.25, 0.3) is 0 Å². The Morgan fingerprint density at radius 1 is 0.883 bits per heavy atom. The van der Waals surface area contributed by atoms with Crippen molar-refractivity contribution >= 4 is 68.8 Å². The first-order valence-electron chi connectivity index (χ1n) is 21.1. The molecule has 3 rings (SSSR count). The number of benzene rings is 1. The molecule has 2 aliphatic heterocycles. The van der Waals surface area contributed by atoms with E-state index in [1.54, 1.807) is 0 Å². The molecule has 0 radical (unpaired) electrons. The largest absolute Gasteiger partial charge is 0.354 e. The van der Waals surface area contributed by atoms with Crippen LogP contribution in [-0.2, 0) is 44.8 Å². The van der Waals surface area contributed by atoms with Gasteiger partial charge in [-0.3, -0.25) is 38.4 Å². The Kier molecular flexibility index (Phi) is 22.9. The summed E-state index contributed by atoms with van der Waals surface area (Å²) in [7, 11) is 2.62. The Balaban J connectivity index is 1.61. The van der Waals surface area contributed by atoms with E-state index >= 15 is 0 Å².